The molecule has 19 nitrogen and oxygen atoms in total. The molecule has 149 heavy (non-hydrogen) atoms. The molecule has 29 N–H and O–H groups in total. The van der Waals surface area contributed by atoms with E-state index in [0.29, 0.717) is 76.6 Å². The van der Waals surface area contributed by atoms with Gasteiger partial charge >= 0.3 is 80.3 Å². The second-order valence-electron chi connectivity index (χ2n) is 34.7. The molecule has 11 rings (SSSR count). The molecule has 0 radical (unpaired) electrons. The lowest BCUT2D eigenvalue weighted by molar-refractivity contribution is -0.376. The van der Waals surface area contributed by atoms with Crippen LogP contribution in [-0.4, -0.2) is 126 Å². The summed E-state index contributed by atoms with van der Waals surface area (Å²) >= 11 is 0. The van der Waals surface area contributed by atoms with Crippen LogP contribution in [-0.2, 0) is 62.2 Å². The standard InChI is InChI=1S/C21H18F12N2O2.C20H15F9N2O2.C18H18F6N2O2.C16H13F9N2O2.C16H17F3N2O/c1-15(36,18(22,23)24)11-7-9(3-5-13(11)34)17(20(28,29)30,21(31,32)33)10-4-6-14(35)12(8-10)16(2,37)19(25,26)27;1-16(32,18(21,22)23)12-4-2-8-7-11-9(6-10(8)14(12)30)3-5-13(15(11)31)17(33,19(24,25)26)20(27,28)29;1-15(27,17(19,20)21)11-7-9(3-5-13(11)25)10-4-6-14(26)12(8-10)16(2,28)18(22,23)24;1-12(28,14(17,18)19)8-4-2-7-6(10(8)26)3-5-9(11(7)27)13(29,15(20,21)22)16(23,24)25;1-15(22,16(17,18)19)13-9-11(4-7-14(13)21)8-10-2-5-12(20)6-3-10/h3-8,36-37H,34-35H2,1-2H3;2-7,32-33H,30-31H2,1H3;3-8,27-28H,25-26H2,1-2H3;2-5,28-29H,26-27H2,1H3;2-7,9,22H,8,20-21H2,1H3. The summed E-state index contributed by atoms with van der Waals surface area (Å²) < 4.78 is 522. The minimum Gasteiger partial charge on any atom is -0.399 e. The molecule has 0 bridgehead atoms. The van der Waals surface area contributed by atoms with Gasteiger partial charge < -0.3 is 103 Å². The molecular formula is C91H81F39N10O9. The van der Waals surface area contributed by atoms with Gasteiger partial charge in [-0.3, -0.25) is 0 Å². The number of aliphatic hydroxyl groups is 9. The first-order valence-corrected chi connectivity index (χ1v) is 40.8. The Morgan fingerprint density at radius 3 is 0.678 bits per heavy atom. The van der Waals surface area contributed by atoms with E-state index >= 15 is 0 Å². The molecule has 58 heteroatoms. The van der Waals surface area contributed by atoms with Crippen molar-refractivity contribution in [2.24, 2.45) is 0 Å². The Labute approximate surface area is 811 Å². The van der Waals surface area contributed by atoms with Crippen molar-refractivity contribution < 1.29 is 217 Å². The number of benzene rings is 11. The number of fused-ring (bicyclic) bond motifs is 3. The fourth-order valence-electron chi connectivity index (χ4n) is 14.9. The van der Waals surface area contributed by atoms with Crippen LogP contribution in [0.2, 0.25) is 0 Å². The first kappa shape index (κ1) is 123. The zero-order valence-electron chi connectivity index (χ0n) is 76.0. The number of rotatable bonds is 14. The Morgan fingerprint density at radius 1 is 0.188 bits per heavy atom. The molecule has 11 aromatic carbocycles. The quantitative estimate of drug-likeness (QED) is 0.0273. The van der Waals surface area contributed by atoms with Crippen LogP contribution < -0.4 is 57.3 Å². The van der Waals surface area contributed by atoms with E-state index in [1.807, 2.05) is 0 Å². The Balaban J connectivity index is 0.000000254. The summed E-state index contributed by atoms with van der Waals surface area (Å²) in [6.07, 6.45) is -73.6. The first-order chi connectivity index (χ1) is 66.4. The maximum absolute atomic E-state index is 14.4. The molecule has 0 aliphatic carbocycles. The van der Waals surface area contributed by atoms with Crippen LogP contribution in [0.4, 0.5) is 228 Å². The van der Waals surface area contributed by atoms with Gasteiger partial charge in [-0.1, -0.05) is 97.1 Å². The first-order valence-electron chi connectivity index (χ1n) is 40.8. The van der Waals surface area contributed by atoms with E-state index in [4.69, 9.17) is 57.3 Å². The Kier molecular flexibility index (Phi) is 32.6. The summed E-state index contributed by atoms with van der Waals surface area (Å²) in [5.41, 5.74) is -2.64. The zero-order valence-corrected chi connectivity index (χ0v) is 76.0. The smallest absolute Gasteiger partial charge is 0.399 e. The van der Waals surface area contributed by atoms with Crippen molar-refractivity contribution >= 4 is 89.2 Å². The minimum absolute atomic E-state index is 0.0214. The molecular weight excluding hydrogens is 2120 g/mol. The molecule has 0 aliphatic rings. The molecule has 0 fully saturated rings. The fraction of sp³-hybridized carbons (Fsp3) is 0.341. The maximum Gasteiger partial charge on any atom is 0.430 e. The number of hydrogen-bond donors (Lipinski definition) is 19. The number of nitrogen functional groups attached to an aromatic ring is 10. The summed E-state index contributed by atoms with van der Waals surface area (Å²) in [6, 6.07) is 25.2. The number of halogens is 39. The number of anilines is 10. The summed E-state index contributed by atoms with van der Waals surface area (Å²) in [6.45, 7) is 2.65. The van der Waals surface area contributed by atoms with Crippen LogP contribution in [0, 0.1) is 0 Å². The van der Waals surface area contributed by atoms with Crippen molar-refractivity contribution in [3.63, 3.8) is 0 Å². The maximum atomic E-state index is 14.4. The van der Waals surface area contributed by atoms with Gasteiger partial charge in [0.2, 0.25) is 5.41 Å². The van der Waals surface area contributed by atoms with Crippen molar-refractivity contribution in [1.82, 2.24) is 0 Å². The van der Waals surface area contributed by atoms with Gasteiger partial charge in [0.15, 0.2) is 39.2 Å². The molecule has 0 heterocycles. The molecule has 0 saturated carbocycles. The monoisotopic (exact) mass is 2200 g/mol. The molecule has 0 aliphatic heterocycles. The van der Waals surface area contributed by atoms with Crippen LogP contribution in [0.25, 0.3) is 43.4 Å². The van der Waals surface area contributed by atoms with Crippen molar-refractivity contribution in [2.75, 3.05) is 57.3 Å². The van der Waals surface area contributed by atoms with Crippen molar-refractivity contribution in [3.8, 4) is 11.1 Å². The van der Waals surface area contributed by atoms with E-state index in [1.54, 1.807) is 30.3 Å². The summed E-state index contributed by atoms with van der Waals surface area (Å²) in [5, 5.41) is 86.8. The van der Waals surface area contributed by atoms with Crippen LogP contribution in [0.3, 0.4) is 0 Å². The van der Waals surface area contributed by atoms with Gasteiger partial charge in [-0.25, -0.2) is 0 Å². The number of nitrogens with two attached hydrogens (primary N) is 10. The fourth-order valence-corrected chi connectivity index (χ4v) is 14.9. The summed E-state index contributed by atoms with van der Waals surface area (Å²) in [5.74, 6) is 0. The lowest BCUT2D eigenvalue weighted by Gasteiger charge is -2.40. The number of hydrogen-bond acceptors (Lipinski definition) is 19. The molecule has 0 saturated heterocycles. The molecule has 0 amide bonds. The highest BCUT2D eigenvalue weighted by atomic mass is 19.5. The lowest BCUT2D eigenvalue weighted by Crippen LogP contribution is -2.55. The molecule has 822 valence electrons. The van der Waals surface area contributed by atoms with E-state index in [1.165, 1.54) is 24.3 Å². The highest BCUT2D eigenvalue weighted by Crippen LogP contribution is 2.62. The van der Waals surface area contributed by atoms with E-state index < -0.39 is 237 Å². The van der Waals surface area contributed by atoms with Crippen LogP contribution in [0.15, 0.2) is 176 Å². The van der Waals surface area contributed by atoms with Crippen molar-refractivity contribution in [1.29, 1.82) is 0 Å². The highest BCUT2D eigenvalue weighted by molar-refractivity contribution is 6.08. The molecule has 11 aromatic rings. The van der Waals surface area contributed by atoms with Crippen molar-refractivity contribution in [2.45, 2.75) is 191 Å². The van der Waals surface area contributed by atoms with Gasteiger partial charge in [0, 0.05) is 128 Å². The Morgan fingerprint density at radius 2 is 0.403 bits per heavy atom. The number of alkyl halides is 39. The molecule has 7 atom stereocenters. The van der Waals surface area contributed by atoms with E-state index in [0.717, 1.165) is 60.2 Å². The summed E-state index contributed by atoms with van der Waals surface area (Å²) in [4.78, 5) is 0. The zero-order chi connectivity index (χ0) is 116. The average molecular weight is 2200 g/mol. The van der Waals surface area contributed by atoms with Gasteiger partial charge in [-0.2, -0.15) is 171 Å². The van der Waals surface area contributed by atoms with Crippen molar-refractivity contribution in [3.05, 3.63) is 248 Å². The third-order valence-corrected chi connectivity index (χ3v) is 24.2. The van der Waals surface area contributed by atoms with Gasteiger partial charge in [-0.15, -0.1) is 0 Å². The van der Waals surface area contributed by atoms with E-state index in [-0.39, 0.29) is 112 Å². The third-order valence-electron chi connectivity index (χ3n) is 24.2. The van der Waals surface area contributed by atoms with Crippen LogP contribution >= 0.6 is 0 Å². The second-order valence-corrected chi connectivity index (χ2v) is 34.7. The lowest BCUT2D eigenvalue weighted by atomic mass is 9.70. The Hall–Kier alpha value is -12.9. The van der Waals surface area contributed by atoms with Gasteiger partial charge in [-0.05, 0) is 178 Å². The summed E-state index contributed by atoms with van der Waals surface area (Å²) in [7, 11) is 0. The minimum atomic E-state index is -6.44. The molecule has 0 spiro atoms. The van der Waals surface area contributed by atoms with Crippen LogP contribution in [0.1, 0.15) is 121 Å². The van der Waals surface area contributed by atoms with Gasteiger partial charge in [0.25, 0.3) is 11.2 Å². The van der Waals surface area contributed by atoms with E-state index in [9.17, 15) is 217 Å². The predicted molar refractivity (Wildman–Crippen MR) is 464 cm³/mol. The highest BCUT2D eigenvalue weighted by Gasteiger charge is 2.76. The largest absolute Gasteiger partial charge is 0.430 e. The Bertz CT molecular complexity index is 6560. The second kappa shape index (κ2) is 39.5. The normalized spacial score (nSPS) is 16.3. The molecule has 0 aromatic heterocycles. The topological polar surface area (TPSA) is 442 Å². The average Bonchev–Trinajstić information content (AvgIpc) is 0.702. The van der Waals surface area contributed by atoms with Gasteiger partial charge in [0.05, 0.1) is 0 Å². The SMILES string of the molecule is CC(O)(c1cc(-c2ccc(N)c(C(C)(O)C(F)(F)F)c2)ccc1N)C(F)(F)F.CC(O)(c1cc(C(c2ccc(N)c(C(C)(O)C(F)(F)F)c2)(C(F)(F)F)C(F)(F)F)ccc1N)C(F)(F)F.CC(O)(c1cc(Cc2ccc(N)cc2)ccc1N)C(F)(F)F.CC(O)(c1ccc2c(N)c(C(O)(C(F)(F)F)C(F)(F)F)ccc2c1N)C(F)(F)F.CC(O)(c1ccc2cc3c(N)c(C(O)(C(F)(F)F)C(F)(F)F)ccc3cc2c1N)C(F)(F)F. The third kappa shape index (κ3) is 22.6. The van der Waals surface area contributed by atoms with Gasteiger partial charge in [0.1, 0.15) is 0 Å². The van der Waals surface area contributed by atoms with E-state index in [2.05, 4.69) is 0 Å². The predicted octanol–water partition coefficient (Wildman–Crippen LogP) is 22.4. The molecule has 7 unspecified atom stereocenters. The van der Waals surface area contributed by atoms with Crippen LogP contribution in [0.5, 0.6) is 0 Å².